The maximum absolute atomic E-state index is 7.16. The van der Waals surface area contributed by atoms with Crippen molar-refractivity contribution in [2.24, 2.45) is 0 Å². The van der Waals surface area contributed by atoms with Crippen LogP contribution in [0.4, 0.5) is 0 Å². The molecule has 0 amide bonds. The van der Waals surface area contributed by atoms with E-state index in [1.165, 1.54) is 6.07 Å². The van der Waals surface area contributed by atoms with Crippen LogP contribution < -0.4 is 0 Å². The van der Waals surface area contributed by atoms with Crippen LogP contribution in [0.3, 0.4) is 0 Å². The van der Waals surface area contributed by atoms with Crippen LogP contribution in [0.2, 0.25) is 5.02 Å². The minimum absolute atomic E-state index is 0.0519. The van der Waals surface area contributed by atoms with E-state index in [0.717, 1.165) is 0 Å². The lowest BCUT2D eigenvalue weighted by Crippen LogP contribution is -1.55. The Kier molecular flexibility index (Phi) is 0.508. The van der Waals surface area contributed by atoms with Crippen molar-refractivity contribution in [2.75, 3.05) is 0 Å². The van der Waals surface area contributed by atoms with Gasteiger partial charge in [0.25, 0.3) is 0 Å². The molecular weight excluding hydrogens is 108 g/mol. The van der Waals surface area contributed by atoms with Gasteiger partial charge in [-0.15, -0.1) is 0 Å². The second-order valence-electron chi connectivity index (χ2n) is 1.01. The second kappa shape index (κ2) is 1.99. The average Bonchev–Trinajstić information content (AvgIpc) is 1.97. The van der Waals surface area contributed by atoms with E-state index in [4.69, 9.17) is 17.1 Å². The summed E-state index contributed by atoms with van der Waals surface area (Å²) in [6.45, 7) is 0. The highest BCUT2D eigenvalue weighted by atomic mass is 35.5. The van der Waals surface area contributed by atoms with Gasteiger partial charge in [-0.25, -0.2) is 0 Å². The molecule has 0 saturated carbocycles. The quantitative estimate of drug-likeness (QED) is 0.488. The fraction of sp³-hybridized carbons (Fsp3) is 0. The summed E-state index contributed by atoms with van der Waals surface area (Å²) in [5.41, 5.74) is 0. The van der Waals surface area contributed by atoms with Crippen LogP contribution >= 0.6 is 11.6 Å². The van der Waals surface area contributed by atoms with Gasteiger partial charge in [0, 0.05) is 5.02 Å². The molecule has 0 radical (unpaired) electrons. The summed E-state index contributed by atoms with van der Waals surface area (Å²) in [6.07, 6.45) is 0. The molecule has 0 heterocycles. The SMILES string of the molecule is [2H]c1cc(Cl)c([2H])c([2H])c1[2H]. The number of hydrogen-bond acceptors (Lipinski definition) is 0. The summed E-state index contributed by atoms with van der Waals surface area (Å²) in [7, 11) is 0. The third-order valence-corrected chi connectivity index (χ3v) is 0.719. The minimum Gasteiger partial charge on any atom is -0.0843 e. The molecule has 36 valence electrons. The number of halogens is 1. The highest BCUT2D eigenvalue weighted by Crippen LogP contribution is 2.03. The topological polar surface area (TPSA) is 0 Å². The Labute approximate surface area is 53.4 Å². The van der Waals surface area contributed by atoms with Gasteiger partial charge in [-0.05, 0) is 12.1 Å². The number of rotatable bonds is 0. The molecule has 0 unspecified atom stereocenters. The van der Waals surface area contributed by atoms with Gasteiger partial charge in [0.1, 0.15) is 0 Å². The van der Waals surface area contributed by atoms with Crippen LogP contribution in [0.15, 0.2) is 30.2 Å². The van der Waals surface area contributed by atoms with Crippen LogP contribution in [-0.2, 0) is 0 Å². The molecule has 7 heavy (non-hydrogen) atoms. The van der Waals surface area contributed by atoms with E-state index in [1.54, 1.807) is 0 Å². The Hall–Kier alpha value is -0.490. The van der Waals surface area contributed by atoms with Gasteiger partial charge in [-0.3, -0.25) is 0 Å². The standard InChI is InChI=1S/C6H5Cl/c7-6-4-2-1-3-5-6/h1-5H/i1D,2D,3D,4D. The Bertz CT molecular complexity index is 271. The zero-order chi connectivity index (χ0) is 8.59. The molecule has 1 heteroatoms. The third kappa shape index (κ3) is 1.20. The molecule has 0 nitrogen and oxygen atoms in total. The zero-order valence-electron chi connectivity index (χ0n) is 7.46. The van der Waals surface area contributed by atoms with Crippen LogP contribution in [0.5, 0.6) is 0 Å². The summed E-state index contributed by atoms with van der Waals surface area (Å²) < 4.78 is 28.6. The van der Waals surface area contributed by atoms with Gasteiger partial charge in [0.2, 0.25) is 0 Å². The number of hydrogen-bond donors (Lipinski definition) is 0. The van der Waals surface area contributed by atoms with Crippen molar-refractivity contribution in [1.82, 2.24) is 0 Å². The molecule has 0 bridgehead atoms. The molecule has 0 aliphatic rings. The van der Waals surface area contributed by atoms with Gasteiger partial charge in [0.05, 0.1) is 5.48 Å². The highest BCUT2D eigenvalue weighted by Gasteiger charge is 1.74. The Morgan fingerprint density at radius 2 is 2.29 bits per heavy atom. The lowest BCUT2D eigenvalue weighted by atomic mass is 10.4. The Morgan fingerprint density at radius 1 is 1.43 bits per heavy atom. The monoisotopic (exact) mass is 116 g/mol. The molecule has 0 N–H and O–H groups in total. The van der Waals surface area contributed by atoms with E-state index in [0.29, 0.717) is 0 Å². The second-order valence-corrected chi connectivity index (χ2v) is 1.42. The summed E-state index contributed by atoms with van der Waals surface area (Å²) in [6, 6.07) is 0.357. The third-order valence-electron chi connectivity index (χ3n) is 0.515. The summed E-state index contributed by atoms with van der Waals surface area (Å²) in [5.74, 6) is 0. The fourth-order valence-corrected chi connectivity index (χ4v) is 0.364. The normalized spacial score (nSPS) is 16.7. The Balaban J connectivity index is 3.46. The predicted molar refractivity (Wildman–Crippen MR) is 31.5 cm³/mol. The van der Waals surface area contributed by atoms with E-state index in [9.17, 15) is 0 Å². The minimum atomic E-state index is -0.289. The molecule has 0 atom stereocenters. The summed E-state index contributed by atoms with van der Waals surface area (Å²) in [5, 5.41) is 0.0519. The van der Waals surface area contributed by atoms with Gasteiger partial charge in [-0.2, -0.15) is 0 Å². The van der Waals surface area contributed by atoms with Crippen molar-refractivity contribution < 1.29 is 5.48 Å². The van der Waals surface area contributed by atoms with Crippen molar-refractivity contribution >= 4 is 11.6 Å². The Morgan fingerprint density at radius 3 is 3.14 bits per heavy atom. The molecule has 0 aliphatic carbocycles. The van der Waals surface area contributed by atoms with Crippen LogP contribution in [-0.4, -0.2) is 0 Å². The summed E-state index contributed by atoms with van der Waals surface area (Å²) in [4.78, 5) is 0. The molecule has 0 aromatic heterocycles. The van der Waals surface area contributed by atoms with E-state index < -0.39 is 0 Å². The van der Waals surface area contributed by atoms with Crippen molar-refractivity contribution in [1.29, 1.82) is 0 Å². The lowest BCUT2D eigenvalue weighted by molar-refractivity contribution is 1.71. The maximum atomic E-state index is 7.16. The van der Waals surface area contributed by atoms with Crippen molar-refractivity contribution in [3.8, 4) is 0 Å². The molecule has 0 spiro atoms. The first-order valence-corrected chi connectivity index (χ1v) is 2.14. The largest absolute Gasteiger partial charge is 0.0843 e. The summed E-state index contributed by atoms with van der Waals surface area (Å²) >= 11 is 5.48. The van der Waals surface area contributed by atoms with Gasteiger partial charge in [-0.1, -0.05) is 29.7 Å². The lowest BCUT2D eigenvalue weighted by Gasteiger charge is -1.80. The van der Waals surface area contributed by atoms with Crippen molar-refractivity contribution in [3.05, 3.63) is 35.3 Å². The molecule has 0 fully saturated rings. The van der Waals surface area contributed by atoms with Gasteiger partial charge < -0.3 is 0 Å². The average molecular weight is 117 g/mol. The molecule has 1 aromatic rings. The molecule has 0 saturated heterocycles. The smallest absolute Gasteiger partial charge is 0.0638 e. The molecule has 0 aliphatic heterocycles. The fourth-order valence-electron chi connectivity index (χ4n) is 0.263. The van der Waals surface area contributed by atoms with E-state index in [2.05, 4.69) is 0 Å². The number of benzene rings is 1. The predicted octanol–water partition coefficient (Wildman–Crippen LogP) is 2.34. The van der Waals surface area contributed by atoms with Crippen molar-refractivity contribution in [2.45, 2.75) is 0 Å². The zero-order valence-corrected chi connectivity index (χ0v) is 4.21. The van der Waals surface area contributed by atoms with E-state index in [1.807, 2.05) is 0 Å². The van der Waals surface area contributed by atoms with Gasteiger partial charge in [0.15, 0.2) is 0 Å². The van der Waals surface area contributed by atoms with Crippen LogP contribution in [0.1, 0.15) is 5.48 Å². The van der Waals surface area contributed by atoms with E-state index in [-0.39, 0.29) is 29.2 Å². The van der Waals surface area contributed by atoms with Gasteiger partial charge >= 0.3 is 0 Å². The van der Waals surface area contributed by atoms with Crippen LogP contribution in [0, 0.1) is 0 Å². The maximum Gasteiger partial charge on any atom is 0.0638 e. The molecule has 1 aromatic carbocycles. The van der Waals surface area contributed by atoms with E-state index >= 15 is 0 Å². The first-order valence-electron chi connectivity index (χ1n) is 3.77. The molecular formula is C6H5Cl. The van der Waals surface area contributed by atoms with Crippen molar-refractivity contribution in [3.63, 3.8) is 0 Å². The highest BCUT2D eigenvalue weighted by molar-refractivity contribution is 6.30. The first kappa shape index (κ1) is 1.79. The van der Waals surface area contributed by atoms with Crippen LogP contribution in [0.25, 0.3) is 0 Å². The first-order chi connectivity index (χ1) is 5.04. The molecule has 1 rings (SSSR count).